The molecule has 0 fully saturated rings. The Morgan fingerprint density at radius 3 is 2.54 bits per heavy atom. The summed E-state index contributed by atoms with van der Waals surface area (Å²) < 4.78 is 12.7. The van der Waals surface area contributed by atoms with Crippen LogP contribution in [0.2, 0.25) is 0 Å². The molecule has 1 unspecified atom stereocenters. The molecule has 1 aliphatic rings. The molecule has 1 aromatic carbocycles. The SMILES string of the molecule is CC.CCc1c2c(nc3ccc(OC/C(C=O)=C\CCNC)cc13)-c1cc(C(O)C=O)c(COC)c(=O)n1C2.CO. The summed E-state index contributed by atoms with van der Waals surface area (Å²) in [6.07, 6.45) is 3.08. The first-order valence-electron chi connectivity index (χ1n) is 13.7. The number of hydrogen-bond donors (Lipinski definition) is 3. The fourth-order valence-electron chi connectivity index (χ4n) is 4.78. The van der Waals surface area contributed by atoms with E-state index in [0.717, 1.165) is 48.4 Å². The van der Waals surface area contributed by atoms with Gasteiger partial charge in [0.15, 0.2) is 6.29 Å². The number of aldehydes is 2. The monoisotopic (exact) mass is 567 g/mol. The van der Waals surface area contributed by atoms with E-state index < -0.39 is 6.10 Å². The van der Waals surface area contributed by atoms with Crippen molar-refractivity contribution in [2.24, 2.45) is 0 Å². The minimum atomic E-state index is -1.43. The second-order valence-corrected chi connectivity index (χ2v) is 8.90. The summed E-state index contributed by atoms with van der Waals surface area (Å²) in [6.45, 7) is 7.31. The Morgan fingerprint density at radius 2 is 1.93 bits per heavy atom. The number of ether oxygens (including phenoxy) is 2. The van der Waals surface area contributed by atoms with E-state index in [1.165, 1.54) is 7.11 Å². The molecular formula is C31H41N3O7. The number of aryl methyl sites for hydroxylation is 1. The lowest BCUT2D eigenvalue weighted by Crippen LogP contribution is -2.26. The molecule has 3 aromatic rings. The molecule has 3 N–H and O–H groups in total. The molecule has 0 radical (unpaired) electrons. The number of rotatable bonds is 12. The van der Waals surface area contributed by atoms with Crippen LogP contribution in [-0.4, -0.2) is 66.8 Å². The summed E-state index contributed by atoms with van der Waals surface area (Å²) in [7, 11) is 4.32. The molecule has 0 bridgehead atoms. The van der Waals surface area contributed by atoms with Crippen LogP contribution < -0.4 is 15.6 Å². The van der Waals surface area contributed by atoms with Gasteiger partial charge in [-0.3, -0.25) is 9.59 Å². The quantitative estimate of drug-likeness (QED) is 0.134. The first-order valence-corrected chi connectivity index (χ1v) is 13.7. The number of methoxy groups -OCH3 is 1. The van der Waals surface area contributed by atoms with Gasteiger partial charge in [0, 0.05) is 41.9 Å². The molecule has 10 nitrogen and oxygen atoms in total. The molecule has 10 heteroatoms. The van der Waals surface area contributed by atoms with Crippen LogP contribution in [0.15, 0.2) is 40.7 Å². The third kappa shape index (κ3) is 7.34. The van der Waals surface area contributed by atoms with Crippen molar-refractivity contribution >= 4 is 23.5 Å². The standard InChI is InChI=1S/C28H31N3O6.C2H6.CH4O/c1-4-19-20-10-18(37-15-17(13-32)6-5-9-29-2)7-8-24(20)30-27-22(19)12-31-25(27)11-21(26(34)14-33)23(16-36-3)28(31)35;2*1-2/h6-8,10-11,13-14,26,29,34H,4-5,9,12,15-16H2,1-3H3;1-2H3;2H,1H3/b17-6-;;. The number of aliphatic hydroxyl groups is 2. The lowest BCUT2D eigenvalue weighted by atomic mass is 9.98. The third-order valence-electron chi connectivity index (χ3n) is 6.62. The number of fused-ring (bicyclic) bond motifs is 4. The van der Waals surface area contributed by atoms with Crippen LogP contribution in [0.5, 0.6) is 5.75 Å². The van der Waals surface area contributed by atoms with E-state index in [2.05, 4.69) is 5.32 Å². The summed E-state index contributed by atoms with van der Waals surface area (Å²) in [6, 6.07) is 7.25. The molecule has 0 saturated carbocycles. The maximum absolute atomic E-state index is 13.3. The first kappa shape index (κ1) is 33.5. The van der Waals surface area contributed by atoms with Crippen molar-refractivity contribution in [3.8, 4) is 17.1 Å². The minimum Gasteiger partial charge on any atom is -0.489 e. The maximum atomic E-state index is 13.3. The van der Waals surface area contributed by atoms with Crippen LogP contribution in [-0.2, 0) is 33.9 Å². The predicted octanol–water partition coefficient (Wildman–Crippen LogP) is 3.11. The summed E-state index contributed by atoms with van der Waals surface area (Å²) in [5, 5.41) is 21.2. The zero-order valence-corrected chi connectivity index (χ0v) is 24.7. The number of carbonyl (C=O) groups excluding carboxylic acids is 2. The Hall–Kier alpha value is -3.70. The molecule has 4 rings (SSSR count). The van der Waals surface area contributed by atoms with E-state index >= 15 is 0 Å². The number of benzene rings is 1. The Balaban J connectivity index is 0.00000141. The molecule has 0 spiro atoms. The largest absolute Gasteiger partial charge is 0.489 e. The summed E-state index contributed by atoms with van der Waals surface area (Å²) in [4.78, 5) is 41.0. The van der Waals surface area contributed by atoms with Crippen molar-refractivity contribution in [1.29, 1.82) is 0 Å². The van der Waals surface area contributed by atoms with Crippen molar-refractivity contribution in [3.63, 3.8) is 0 Å². The van der Waals surface area contributed by atoms with Crippen molar-refractivity contribution < 1.29 is 29.3 Å². The van der Waals surface area contributed by atoms with Gasteiger partial charge >= 0.3 is 0 Å². The van der Waals surface area contributed by atoms with E-state index in [9.17, 15) is 19.5 Å². The highest BCUT2D eigenvalue weighted by Gasteiger charge is 2.29. The van der Waals surface area contributed by atoms with Gasteiger partial charge in [-0.05, 0) is 56.3 Å². The van der Waals surface area contributed by atoms with Gasteiger partial charge in [0.2, 0.25) is 0 Å². The lowest BCUT2D eigenvalue weighted by Gasteiger charge is -2.14. The number of nitrogens with one attached hydrogen (secondary N) is 1. The Morgan fingerprint density at radius 1 is 1.20 bits per heavy atom. The topological polar surface area (TPSA) is 140 Å². The highest BCUT2D eigenvalue weighted by atomic mass is 16.5. The Labute approximate surface area is 240 Å². The third-order valence-corrected chi connectivity index (χ3v) is 6.62. The average molecular weight is 568 g/mol. The summed E-state index contributed by atoms with van der Waals surface area (Å²) in [5.74, 6) is 0.622. The fraction of sp³-hybridized carbons (Fsp3) is 0.419. The zero-order valence-electron chi connectivity index (χ0n) is 24.7. The Bertz CT molecular complexity index is 1430. The maximum Gasteiger partial charge on any atom is 0.257 e. The van der Waals surface area contributed by atoms with Crippen molar-refractivity contribution in [2.75, 3.05) is 34.4 Å². The van der Waals surface area contributed by atoms with E-state index in [1.54, 1.807) is 10.6 Å². The fourth-order valence-corrected chi connectivity index (χ4v) is 4.78. The summed E-state index contributed by atoms with van der Waals surface area (Å²) in [5.41, 5.74) is 4.68. The van der Waals surface area contributed by atoms with Gasteiger partial charge in [0.05, 0.1) is 30.1 Å². The number of aromatic nitrogens is 2. The highest BCUT2D eigenvalue weighted by Crippen LogP contribution is 2.38. The Kier molecular flexibility index (Phi) is 13.5. The number of carbonyl (C=O) groups is 2. The molecule has 41 heavy (non-hydrogen) atoms. The van der Waals surface area contributed by atoms with Gasteiger partial charge in [-0.1, -0.05) is 26.8 Å². The van der Waals surface area contributed by atoms with Crippen LogP contribution in [0.3, 0.4) is 0 Å². The molecular weight excluding hydrogens is 526 g/mol. The van der Waals surface area contributed by atoms with Crippen molar-refractivity contribution in [2.45, 2.75) is 52.9 Å². The molecule has 3 heterocycles. The molecule has 0 amide bonds. The molecule has 1 atom stereocenters. The van der Waals surface area contributed by atoms with Crippen molar-refractivity contribution in [3.05, 3.63) is 68.5 Å². The number of aliphatic hydroxyl groups excluding tert-OH is 2. The first-order chi connectivity index (χ1) is 20.0. The van der Waals surface area contributed by atoms with Gasteiger partial charge in [0.1, 0.15) is 24.7 Å². The van der Waals surface area contributed by atoms with Gasteiger partial charge in [-0.2, -0.15) is 0 Å². The smallest absolute Gasteiger partial charge is 0.257 e. The van der Waals surface area contributed by atoms with Gasteiger partial charge in [0.25, 0.3) is 5.56 Å². The van der Waals surface area contributed by atoms with E-state index in [-0.39, 0.29) is 29.9 Å². The van der Waals surface area contributed by atoms with Crippen LogP contribution in [0.4, 0.5) is 0 Å². The second-order valence-electron chi connectivity index (χ2n) is 8.90. The van der Waals surface area contributed by atoms with E-state index in [1.807, 2.05) is 52.1 Å². The van der Waals surface area contributed by atoms with Crippen LogP contribution in [0, 0.1) is 0 Å². The average Bonchev–Trinajstić information content (AvgIpc) is 3.38. The van der Waals surface area contributed by atoms with Crippen LogP contribution in [0.25, 0.3) is 22.3 Å². The molecule has 222 valence electrons. The normalized spacial score (nSPS) is 12.3. The minimum absolute atomic E-state index is 0.0153. The molecule has 0 aliphatic carbocycles. The highest BCUT2D eigenvalue weighted by molar-refractivity contribution is 5.89. The number of nitrogens with zero attached hydrogens (tertiary/aromatic N) is 2. The zero-order chi connectivity index (χ0) is 30.5. The molecule has 2 aromatic heterocycles. The van der Waals surface area contributed by atoms with E-state index in [4.69, 9.17) is 19.6 Å². The number of pyridine rings is 2. The van der Waals surface area contributed by atoms with Crippen LogP contribution in [0.1, 0.15) is 55.5 Å². The molecule has 1 aliphatic heterocycles. The lowest BCUT2D eigenvalue weighted by molar-refractivity contribution is -0.115. The summed E-state index contributed by atoms with van der Waals surface area (Å²) >= 11 is 0. The number of hydrogen-bond acceptors (Lipinski definition) is 9. The van der Waals surface area contributed by atoms with Gasteiger partial charge < -0.3 is 34.4 Å². The van der Waals surface area contributed by atoms with Crippen molar-refractivity contribution in [1.82, 2.24) is 14.9 Å². The predicted molar refractivity (Wildman–Crippen MR) is 159 cm³/mol. The molecule has 0 saturated heterocycles. The van der Waals surface area contributed by atoms with Crippen LogP contribution >= 0.6 is 0 Å². The second kappa shape index (κ2) is 16.5. The van der Waals surface area contributed by atoms with E-state index in [0.29, 0.717) is 42.0 Å². The van der Waals surface area contributed by atoms with Gasteiger partial charge in [-0.25, -0.2) is 4.98 Å². The van der Waals surface area contributed by atoms with Gasteiger partial charge in [-0.15, -0.1) is 0 Å².